The average molecular weight is 569 g/mol. The molecule has 214 valence electrons. The quantitative estimate of drug-likeness (QED) is 0.476. The monoisotopic (exact) mass is 569 g/mol. The van der Waals surface area contributed by atoms with Gasteiger partial charge in [0.15, 0.2) is 0 Å². The molecule has 3 heterocycles. The molecule has 2 fully saturated rings. The lowest BCUT2D eigenvalue weighted by Crippen LogP contribution is -2.44. The lowest BCUT2D eigenvalue weighted by Gasteiger charge is -2.32. The molecule has 39 heavy (non-hydrogen) atoms. The van der Waals surface area contributed by atoms with Gasteiger partial charge in [0.25, 0.3) is 0 Å². The van der Waals surface area contributed by atoms with Crippen LogP contribution in [-0.4, -0.2) is 75.6 Å². The molecule has 2 aliphatic heterocycles. The number of benzene rings is 1. The molecule has 1 aromatic carbocycles. The lowest BCUT2D eigenvalue weighted by atomic mass is 9.99. The van der Waals surface area contributed by atoms with Crippen LogP contribution in [0.4, 0.5) is 36.4 Å². The first-order valence-electron chi connectivity index (χ1n) is 11.0. The van der Waals surface area contributed by atoms with Gasteiger partial charge in [-0.05, 0) is 24.6 Å². The largest absolute Gasteiger partial charge is 0.490 e. The van der Waals surface area contributed by atoms with Gasteiger partial charge in [-0.2, -0.15) is 26.3 Å². The highest BCUT2D eigenvalue weighted by atomic mass is 19.4. The molecule has 2 aliphatic rings. The first-order chi connectivity index (χ1) is 18.1. The Kier molecular flexibility index (Phi) is 10.7. The Morgan fingerprint density at radius 1 is 0.974 bits per heavy atom. The van der Waals surface area contributed by atoms with Crippen molar-refractivity contribution in [2.45, 2.75) is 37.5 Å². The van der Waals surface area contributed by atoms with Crippen LogP contribution in [0.5, 0.6) is 0 Å². The molecule has 2 saturated heterocycles. The number of carbonyl (C=O) groups is 3. The van der Waals surface area contributed by atoms with Crippen molar-refractivity contribution in [3.05, 3.63) is 60.2 Å². The molecule has 2 aromatic rings. The van der Waals surface area contributed by atoms with E-state index < -0.39 is 24.3 Å². The number of amides is 1. The average Bonchev–Trinajstić information content (AvgIpc) is 3.14. The van der Waals surface area contributed by atoms with E-state index in [0.29, 0.717) is 30.8 Å². The SMILES string of the molecule is O=C(Nc1cccnc1)C1CC2CN(Cc3ccccc3F)CC1O2.O=C(O)C(F)(F)F.O=C(O)C(F)(F)F. The van der Waals surface area contributed by atoms with E-state index in [0.717, 1.165) is 6.54 Å². The van der Waals surface area contributed by atoms with Gasteiger partial charge < -0.3 is 20.3 Å². The van der Waals surface area contributed by atoms with Crippen molar-refractivity contribution in [1.29, 1.82) is 0 Å². The number of hydrogen-bond acceptors (Lipinski definition) is 6. The van der Waals surface area contributed by atoms with Crippen LogP contribution < -0.4 is 5.32 Å². The van der Waals surface area contributed by atoms with Gasteiger partial charge in [-0.3, -0.25) is 14.7 Å². The zero-order valence-corrected chi connectivity index (χ0v) is 19.7. The second-order valence-corrected chi connectivity index (χ2v) is 8.26. The van der Waals surface area contributed by atoms with E-state index in [-0.39, 0.29) is 29.9 Å². The van der Waals surface area contributed by atoms with Crippen molar-refractivity contribution in [2.75, 3.05) is 18.4 Å². The second-order valence-electron chi connectivity index (χ2n) is 8.26. The van der Waals surface area contributed by atoms with Crippen molar-refractivity contribution >= 4 is 23.5 Å². The van der Waals surface area contributed by atoms with Crippen molar-refractivity contribution < 1.29 is 60.1 Å². The van der Waals surface area contributed by atoms with Crippen LogP contribution in [0.15, 0.2) is 48.8 Å². The molecule has 0 saturated carbocycles. The summed E-state index contributed by atoms with van der Waals surface area (Å²) in [6.07, 6.45) is -6.30. The number of fused-ring (bicyclic) bond motifs is 2. The fraction of sp³-hybridized carbons (Fsp3) is 0.391. The number of morpholine rings is 1. The van der Waals surface area contributed by atoms with E-state index in [9.17, 15) is 35.5 Å². The number of anilines is 1. The zero-order chi connectivity index (χ0) is 29.4. The van der Waals surface area contributed by atoms with Crippen molar-refractivity contribution in [1.82, 2.24) is 9.88 Å². The molecule has 4 rings (SSSR count). The number of nitrogens with one attached hydrogen (secondary N) is 1. The van der Waals surface area contributed by atoms with Gasteiger partial charge in [0, 0.05) is 31.4 Å². The number of rotatable bonds is 4. The minimum absolute atomic E-state index is 0.0233. The minimum atomic E-state index is -5.08. The van der Waals surface area contributed by atoms with E-state index >= 15 is 0 Å². The number of nitrogens with zero attached hydrogens (tertiary/aromatic N) is 2. The van der Waals surface area contributed by atoms with Gasteiger partial charge in [0.05, 0.1) is 30.0 Å². The van der Waals surface area contributed by atoms with Crippen LogP contribution in [0.1, 0.15) is 12.0 Å². The molecule has 3 atom stereocenters. The molecule has 3 N–H and O–H groups in total. The number of alkyl halides is 6. The molecule has 2 bridgehead atoms. The molecular formula is C23H22F7N3O6. The number of aromatic nitrogens is 1. The summed E-state index contributed by atoms with van der Waals surface area (Å²) in [5.41, 5.74) is 1.37. The number of hydrogen-bond donors (Lipinski definition) is 3. The predicted molar refractivity (Wildman–Crippen MR) is 119 cm³/mol. The van der Waals surface area contributed by atoms with Gasteiger partial charge >= 0.3 is 24.3 Å². The fourth-order valence-corrected chi connectivity index (χ4v) is 3.68. The third-order valence-corrected chi connectivity index (χ3v) is 5.34. The summed E-state index contributed by atoms with van der Waals surface area (Å²) in [5, 5.41) is 17.2. The lowest BCUT2D eigenvalue weighted by molar-refractivity contribution is -0.193. The summed E-state index contributed by atoms with van der Waals surface area (Å²) in [7, 11) is 0. The van der Waals surface area contributed by atoms with E-state index in [1.165, 1.54) is 6.07 Å². The first-order valence-corrected chi connectivity index (χ1v) is 11.0. The minimum Gasteiger partial charge on any atom is -0.475 e. The molecule has 1 aromatic heterocycles. The molecule has 16 heteroatoms. The molecule has 0 radical (unpaired) electrons. The Bertz CT molecular complexity index is 1110. The van der Waals surface area contributed by atoms with Gasteiger partial charge in [-0.1, -0.05) is 18.2 Å². The predicted octanol–water partition coefficient (Wildman–Crippen LogP) is 3.72. The summed E-state index contributed by atoms with van der Waals surface area (Å²) in [6, 6.07) is 10.4. The number of halogens is 7. The number of carboxylic acids is 2. The number of carbonyl (C=O) groups excluding carboxylic acids is 1. The van der Waals surface area contributed by atoms with Crippen LogP contribution in [-0.2, 0) is 25.7 Å². The highest BCUT2D eigenvalue weighted by Gasteiger charge is 2.44. The van der Waals surface area contributed by atoms with Gasteiger partial charge in [0.1, 0.15) is 5.82 Å². The molecule has 3 unspecified atom stereocenters. The van der Waals surface area contributed by atoms with Gasteiger partial charge in [-0.25, -0.2) is 14.0 Å². The van der Waals surface area contributed by atoms with Crippen LogP contribution in [0.2, 0.25) is 0 Å². The smallest absolute Gasteiger partial charge is 0.475 e. The third kappa shape index (κ3) is 10.1. The van der Waals surface area contributed by atoms with Crippen LogP contribution in [0, 0.1) is 11.7 Å². The first kappa shape index (κ1) is 31.4. The normalized spacial score (nSPS) is 20.5. The molecular weight excluding hydrogens is 547 g/mol. The van der Waals surface area contributed by atoms with E-state index in [1.807, 2.05) is 12.1 Å². The van der Waals surface area contributed by atoms with Crippen molar-refractivity contribution in [3.8, 4) is 0 Å². The topological polar surface area (TPSA) is 129 Å². The standard InChI is InChI=1S/C19H20FN3O2.2C2HF3O2/c20-17-6-2-1-4-13(17)10-23-11-15-8-16(18(12-23)25-15)19(24)22-14-5-3-7-21-9-14;2*3-2(4,5)1(6)7/h1-7,9,15-16,18H,8,10-12H2,(H,22,24);2*(H,6,7). The highest BCUT2D eigenvalue weighted by molar-refractivity contribution is 5.93. The Labute approximate surface area is 216 Å². The molecule has 9 nitrogen and oxygen atoms in total. The van der Waals surface area contributed by atoms with Crippen molar-refractivity contribution in [3.63, 3.8) is 0 Å². The molecule has 0 spiro atoms. The van der Waals surface area contributed by atoms with Gasteiger partial charge in [-0.15, -0.1) is 0 Å². The van der Waals surface area contributed by atoms with Crippen LogP contribution in [0.3, 0.4) is 0 Å². The Morgan fingerprint density at radius 2 is 1.56 bits per heavy atom. The molecule has 0 aliphatic carbocycles. The van der Waals surface area contributed by atoms with E-state index in [2.05, 4.69) is 15.2 Å². The summed E-state index contributed by atoms with van der Waals surface area (Å²) >= 11 is 0. The van der Waals surface area contributed by atoms with Crippen molar-refractivity contribution in [2.24, 2.45) is 5.92 Å². The van der Waals surface area contributed by atoms with Crippen LogP contribution in [0.25, 0.3) is 0 Å². The zero-order valence-electron chi connectivity index (χ0n) is 19.7. The summed E-state index contributed by atoms with van der Waals surface area (Å²) in [4.78, 5) is 36.6. The maximum atomic E-state index is 13.9. The van der Waals surface area contributed by atoms with Crippen LogP contribution >= 0.6 is 0 Å². The summed E-state index contributed by atoms with van der Waals surface area (Å²) in [6.45, 7) is 1.90. The van der Waals surface area contributed by atoms with Gasteiger partial charge in [0.2, 0.25) is 5.91 Å². The number of aliphatic carboxylic acids is 2. The fourth-order valence-electron chi connectivity index (χ4n) is 3.68. The Hall–Kier alpha value is -3.79. The number of carboxylic acid groups (broad SMARTS) is 2. The maximum absolute atomic E-state index is 13.9. The van der Waals surface area contributed by atoms with E-state index in [1.54, 1.807) is 30.6 Å². The third-order valence-electron chi connectivity index (χ3n) is 5.34. The maximum Gasteiger partial charge on any atom is 0.490 e. The summed E-state index contributed by atoms with van der Waals surface area (Å²) < 4.78 is 83.3. The number of likely N-dealkylation sites (tertiary alicyclic amines) is 1. The number of ether oxygens (including phenoxy) is 1. The second kappa shape index (κ2) is 13.3. The van der Waals surface area contributed by atoms with E-state index in [4.69, 9.17) is 24.5 Å². The highest BCUT2D eigenvalue weighted by Crippen LogP contribution is 2.33. The Balaban J connectivity index is 0.000000317. The Morgan fingerprint density at radius 3 is 2.08 bits per heavy atom. The summed E-state index contributed by atoms with van der Waals surface area (Å²) in [5.74, 6) is -5.92. The molecule has 1 amide bonds. The number of pyridine rings is 1.